The minimum absolute atomic E-state index is 0.0662. The number of ketones is 1. The second-order valence-electron chi connectivity index (χ2n) is 7.21. The molecule has 4 aliphatic rings. The van der Waals surface area contributed by atoms with Gasteiger partial charge in [0.2, 0.25) is 0 Å². The highest BCUT2D eigenvalue weighted by atomic mass is 16.3. The van der Waals surface area contributed by atoms with Gasteiger partial charge in [-0.25, -0.2) is 0 Å². The Hall–Kier alpha value is -0.670. The summed E-state index contributed by atoms with van der Waals surface area (Å²) in [6.07, 6.45) is 9.07. The maximum absolute atomic E-state index is 12.5. The largest absolute Gasteiger partial charge is 0.375 e. The van der Waals surface area contributed by atoms with Crippen LogP contribution in [0.4, 0.5) is 0 Å². The average Bonchev–Trinajstić information content (AvgIpc) is 2.59. The van der Waals surface area contributed by atoms with Gasteiger partial charge in [0.05, 0.1) is 0 Å². The second-order valence-corrected chi connectivity index (χ2v) is 7.21. The molecule has 2 aliphatic carbocycles. The molecule has 3 nitrogen and oxygen atoms in total. The molecule has 104 valence electrons. The highest BCUT2D eigenvalue weighted by Crippen LogP contribution is 2.64. The zero-order chi connectivity index (χ0) is 13.3. The number of rotatable bonds is 0. The molecule has 2 bridgehead atoms. The molecule has 4 rings (SSSR count). The van der Waals surface area contributed by atoms with Crippen molar-refractivity contribution in [3.63, 3.8) is 0 Å². The van der Waals surface area contributed by atoms with Gasteiger partial charge in [0, 0.05) is 30.8 Å². The number of carbonyl (C=O) groups is 1. The molecule has 0 aromatic rings. The first-order valence-electron chi connectivity index (χ1n) is 7.76. The van der Waals surface area contributed by atoms with Crippen LogP contribution in [0.1, 0.15) is 39.0 Å². The molecule has 2 aliphatic heterocycles. The van der Waals surface area contributed by atoms with E-state index in [1.807, 2.05) is 0 Å². The van der Waals surface area contributed by atoms with E-state index in [9.17, 15) is 9.90 Å². The Morgan fingerprint density at radius 3 is 3.16 bits per heavy atom. The molecule has 3 heteroatoms. The molecule has 2 heterocycles. The Morgan fingerprint density at radius 2 is 2.32 bits per heavy atom. The number of hydrogen-bond donors (Lipinski definition) is 1. The van der Waals surface area contributed by atoms with Gasteiger partial charge in [-0.1, -0.05) is 19.1 Å². The number of nitrogens with zero attached hydrogens (tertiary/aromatic N) is 1. The van der Waals surface area contributed by atoms with Gasteiger partial charge in [0.15, 0.2) is 0 Å². The minimum Gasteiger partial charge on any atom is -0.375 e. The van der Waals surface area contributed by atoms with E-state index in [0.717, 1.165) is 38.8 Å². The molecule has 0 aromatic heterocycles. The first-order chi connectivity index (χ1) is 9.08. The van der Waals surface area contributed by atoms with Crippen LogP contribution in [0.3, 0.4) is 0 Å². The number of hydrogen-bond acceptors (Lipinski definition) is 3. The average molecular weight is 261 g/mol. The van der Waals surface area contributed by atoms with Gasteiger partial charge in [0.1, 0.15) is 11.5 Å². The lowest BCUT2D eigenvalue weighted by Gasteiger charge is -2.59. The lowest BCUT2D eigenvalue weighted by Crippen LogP contribution is -2.66. The van der Waals surface area contributed by atoms with Crippen LogP contribution in [0, 0.1) is 23.2 Å². The molecule has 2 saturated carbocycles. The highest BCUT2D eigenvalue weighted by molar-refractivity contribution is 5.86. The molecular weight excluding hydrogens is 238 g/mol. The van der Waals surface area contributed by atoms with Gasteiger partial charge >= 0.3 is 0 Å². The Balaban J connectivity index is 1.94. The third-order valence-electron chi connectivity index (χ3n) is 6.27. The van der Waals surface area contributed by atoms with E-state index in [2.05, 4.69) is 24.0 Å². The van der Waals surface area contributed by atoms with Crippen molar-refractivity contribution in [2.24, 2.45) is 23.2 Å². The summed E-state index contributed by atoms with van der Waals surface area (Å²) in [7, 11) is 0. The molecule has 1 saturated heterocycles. The van der Waals surface area contributed by atoms with Crippen LogP contribution in [-0.2, 0) is 4.79 Å². The SMILES string of the molecule is C[C@@H]1C[C@H]2CC(=O)[C@H]3CCCN4CC=C[C@]23[C@@]4(O)C1. The van der Waals surface area contributed by atoms with Gasteiger partial charge in [-0.3, -0.25) is 9.69 Å². The molecule has 1 spiro atoms. The van der Waals surface area contributed by atoms with E-state index in [1.54, 1.807) is 0 Å². The van der Waals surface area contributed by atoms with Crippen LogP contribution >= 0.6 is 0 Å². The molecule has 1 unspecified atom stereocenters. The van der Waals surface area contributed by atoms with Crippen molar-refractivity contribution in [2.45, 2.75) is 44.8 Å². The van der Waals surface area contributed by atoms with Crippen molar-refractivity contribution in [1.82, 2.24) is 4.90 Å². The summed E-state index contributed by atoms with van der Waals surface area (Å²) < 4.78 is 0. The third-order valence-corrected chi connectivity index (χ3v) is 6.27. The Kier molecular flexibility index (Phi) is 2.36. The van der Waals surface area contributed by atoms with Crippen molar-refractivity contribution in [3.8, 4) is 0 Å². The predicted octanol–water partition coefficient (Wildman–Crippen LogP) is 1.96. The zero-order valence-corrected chi connectivity index (χ0v) is 11.6. The van der Waals surface area contributed by atoms with E-state index in [1.165, 1.54) is 0 Å². The molecule has 0 amide bonds. The van der Waals surface area contributed by atoms with Crippen molar-refractivity contribution < 1.29 is 9.90 Å². The fourth-order valence-corrected chi connectivity index (χ4v) is 5.70. The van der Waals surface area contributed by atoms with Crippen LogP contribution in [0.15, 0.2) is 12.2 Å². The standard InChI is InChI=1S/C16H23NO2/c1-11-8-12-9-14(18)13-4-2-6-17-7-3-5-15(12,13)16(17,19)10-11/h3,5,11-13,19H,2,4,6-10H2,1H3/t11-,12+,13-,15+,16+/m1/s1. The molecular formula is C16H23NO2. The normalized spacial score (nSPS) is 55.8. The monoisotopic (exact) mass is 261 g/mol. The molecule has 3 fully saturated rings. The van der Waals surface area contributed by atoms with Gasteiger partial charge in [0.25, 0.3) is 0 Å². The predicted molar refractivity (Wildman–Crippen MR) is 72.3 cm³/mol. The number of aliphatic hydroxyl groups is 1. The summed E-state index contributed by atoms with van der Waals surface area (Å²) in [6.45, 7) is 4.01. The number of Topliss-reactive ketones (excluding diaryl/α,β-unsaturated/α-hetero) is 1. The van der Waals surface area contributed by atoms with E-state index in [0.29, 0.717) is 24.0 Å². The van der Waals surface area contributed by atoms with Gasteiger partial charge in [-0.15, -0.1) is 0 Å². The summed E-state index contributed by atoms with van der Waals surface area (Å²) in [4.78, 5) is 14.7. The van der Waals surface area contributed by atoms with E-state index in [4.69, 9.17) is 0 Å². The smallest absolute Gasteiger partial charge is 0.137 e. The van der Waals surface area contributed by atoms with Crippen molar-refractivity contribution in [3.05, 3.63) is 12.2 Å². The molecule has 0 radical (unpaired) electrons. The molecule has 19 heavy (non-hydrogen) atoms. The van der Waals surface area contributed by atoms with E-state index >= 15 is 0 Å². The van der Waals surface area contributed by atoms with Gasteiger partial charge in [-0.05, 0) is 37.5 Å². The van der Waals surface area contributed by atoms with Gasteiger partial charge < -0.3 is 5.11 Å². The summed E-state index contributed by atoms with van der Waals surface area (Å²) in [6, 6.07) is 0. The fraction of sp³-hybridized carbons (Fsp3) is 0.812. The summed E-state index contributed by atoms with van der Waals surface area (Å²) in [5, 5.41) is 11.5. The van der Waals surface area contributed by atoms with Crippen molar-refractivity contribution in [1.29, 1.82) is 0 Å². The Morgan fingerprint density at radius 1 is 1.47 bits per heavy atom. The Bertz CT molecular complexity index is 460. The van der Waals surface area contributed by atoms with Crippen LogP contribution < -0.4 is 0 Å². The number of carbonyl (C=O) groups excluding carboxylic acids is 1. The van der Waals surface area contributed by atoms with Crippen LogP contribution in [0.2, 0.25) is 0 Å². The first kappa shape index (κ1) is 12.1. The van der Waals surface area contributed by atoms with E-state index in [-0.39, 0.29) is 11.3 Å². The maximum atomic E-state index is 12.5. The zero-order valence-electron chi connectivity index (χ0n) is 11.6. The van der Waals surface area contributed by atoms with Crippen LogP contribution in [-0.4, -0.2) is 34.6 Å². The van der Waals surface area contributed by atoms with E-state index < -0.39 is 5.72 Å². The summed E-state index contributed by atoms with van der Waals surface area (Å²) in [5.41, 5.74) is -1.04. The summed E-state index contributed by atoms with van der Waals surface area (Å²) >= 11 is 0. The molecule has 1 N–H and O–H groups in total. The highest BCUT2D eigenvalue weighted by Gasteiger charge is 2.68. The van der Waals surface area contributed by atoms with Crippen LogP contribution in [0.25, 0.3) is 0 Å². The Labute approximate surface area is 114 Å². The fourth-order valence-electron chi connectivity index (χ4n) is 5.70. The minimum atomic E-state index is -0.766. The molecule has 0 aromatic carbocycles. The maximum Gasteiger partial charge on any atom is 0.137 e. The van der Waals surface area contributed by atoms with Crippen molar-refractivity contribution in [2.75, 3.05) is 13.1 Å². The second kappa shape index (κ2) is 3.70. The first-order valence-corrected chi connectivity index (χ1v) is 7.76. The van der Waals surface area contributed by atoms with Crippen molar-refractivity contribution >= 4 is 5.78 Å². The molecule has 6 atom stereocenters. The lowest BCUT2D eigenvalue weighted by molar-refractivity contribution is -0.227. The summed E-state index contributed by atoms with van der Waals surface area (Å²) in [5.74, 6) is 1.35. The third kappa shape index (κ3) is 1.28. The lowest BCUT2D eigenvalue weighted by atomic mass is 9.55. The quantitative estimate of drug-likeness (QED) is 0.678. The topological polar surface area (TPSA) is 40.5 Å². The van der Waals surface area contributed by atoms with Crippen LogP contribution in [0.5, 0.6) is 0 Å². The van der Waals surface area contributed by atoms with Gasteiger partial charge in [-0.2, -0.15) is 0 Å².